The van der Waals surface area contributed by atoms with Crippen LogP contribution in [-0.2, 0) is 13.1 Å². The first-order valence-electron chi connectivity index (χ1n) is 10.5. The fourth-order valence-corrected chi connectivity index (χ4v) is 5.24. The summed E-state index contributed by atoms with van der Waals surface area (Å²) in [7, 11) is 0. The molecule has 0 saturated carbocycles. The molecule has 2 saturated heterocycles. The zero-order valence-corrected chi connectivity index (χ0v) is 18.4. The molecule has 174 valence electrons. The van der Waals surface area contributed by atoms with Crippen LogP contribution in [0.4, 0.5) is 25.1 Å². The number of nitrogens with zero attached hydrogens (tertiary/aromatic N) is 8. The van der Waals surface area contributed by atoms with E-state index >= 15 is 0 Å². The Kier molecular flexibility index (Phi) is 4.44. The van der Waals surface area contributed by atoms with Gasteiger partial charge in [0.25, 0.3) is 5.95 Å². The maximum Gasteiger partial charge on any atom is 0.401 e. The van der Waals surface area contributed by atoms with Crippen molar-refractivity contribution in [1.82, 2.24) is 29.8 Å². The van der Waals surface area contributed by atoms with E-state index in [9.17, 15) is 13.2 Å². The van der Waals surface area contributed by atoms with Gasteiger partial charge < -0.3 is 14.3 Å². The molecule has 0 atom stereocenters. The summed E-state index contributed by atoms with van der Waals surface area (Å²) < 4.78 is 46.4. The van der Waals surface area contributed by atoms with Crippen molar-refractivity contribution in [2.45, 2.75) is 26.2 Å². The van der Waals surface area contributed by atoms with Crippen LogP contribution in [0.1, 0.15) is 17.3 Å². The van der Waals surface area contributed by atoms with Gasteiger partial charge in [-0.25, -0.2) is 0 Å². The number of rotatable bonds is 3. The van der Waals surface area contributed by atoms with Crippen molar-refractivity contribution in [3.63, 3.8) is 0 Å². The van der Waals surface area contributed by atoms with Crippen LogP contribution in [0, 0.1) is 12.3 Å². The summed E-state index contributed by atoms with van der Waals surface area (Å²) in [6.07, 6.45) is -4.31. The van der Waals surface area contributed by atoms with Crippen LogP contribution >= 0.6 is 11.6 Å². The first-order chi connectivity index (χ1) is 15.7. The lowest BCUT2D eigenvalue weighted by Gasteiger charge is -2.59. The van der Waals surface area contributed by atoms with Gasteiger partial charge in [0.05, 0.1) is 18.8 Å². The Morgan fingerprint density at radius 3 is 2.55 bits per heavy atom. The molecule has 13 heteroatoms. The molecule has 2 fully saturated rings. The van der Waals surface area contributed by atoms with E-state index in [2.05, 4.69) is 30.1 Å². The summed E-state index contributed by atoms with van der Waals surface area (Å²) in [5, 5.41) is 13.1. The molecule has 0 bridgehead atoms. The topological polar surface area (TPSA) is 79.4 Å². The standard InChI is InChI=1S/C20H20ClF3N8O/c1-12-25-17(28-33-12)30-7-19(8-30)9-31(10-19)18-27-26-16-6-29(11-20(22,23)24)5-13-4-14(21)2-3-15(13)32(16)18/h2-4H,5-11H2,1H3. The van der Waals surface area contributed by atoms with E-state index < -0.39 is 12.7 Å². The van der Waals surface area contributed by atoms with E-state index in [-0.39, 0.29) is 18.5 Å². The number of aryl methyl sites for hydroxylation is 1. The molecule has 2 aromatic heterocycles. The minimum atomic E-state index is -4.31. The smallest absolute Gasteiger partial charge is 0.339 e. The molecule has 3 aliphatic rings. The van der Waals surface area contributed by atoms with Crippen LogP contribution in [-0.4, -0.2) is 68.7 Å². The van der Waals surface area contributed by atoms with Gasteiger partial charge in [-0.05, 0) is 28.9 Å². The highest BCUT2D eigenvalue weighted by Crippen LogP contribution is 2.43. The molecule has 6 rings (SSSR count). The van der Waals surface area contributed by atoms with Crippen molar-refractivity contribution in [1.29, 1.82) is 0 Å². The summed E-state index contributed by atoms with van der Waals surface area (Å²) >= 11 is 6.17. The lowest BCUT2D eigenvalue weighted by Crippen LogP contribution is -2.73. The van der Waals surface area contributed by atoms with Crippen molar-refractivity contribution in [2.75, 3.05) is 42.5 Å². The maximum atomic E-state index is 13.2. The third-order valence-corrected chi connectivity index (χ3v) is 6.58. The quantitative estimate of drug-likeness (QED) is 0.566. The summed E-state index contributed by atoms with van der Waals surface area (Å²) in [4.78, 5) is 9.78. The summed E-state index contributed by atoms with van der Waals surface area (Å²) in [6.45, 7) is 4.07. The number of aromatic nitrogens is 5. The Hall–Kier alpha value is -2.86. The number of benzene rings is 1. The van der Waals surface area contributed by atoms with Crippen molar-refractivity contribution >= 4 is 23.5 Å². The van der Waals surface area contributed by atoms with Gasteiger partial charge in [0.15, 0.2) is 5.82 Å². The monoisotopic (exact) mass is 480 g/mol. The summed E-state index contributed by atoms with van der Waals surface area (Å²) in [5.41, 5.74) is 1.58. The summed E-state index contributed by atoms with van der Waals surface area (Å²) in [5.74, 6) is 2.25. The van der Waals surface area contributed by atoms with Crippen LogP contribution in [0.2, 0.25) is 5.02 Å². The Balaban J connectivity index is 1.25. The minimum Gasteiger partial charge on any atom is -0.339 e. The molecule has 1 spiro atoms. The van der Waals surface area contributed by atoms with E-state index in [1.807, 2.05) is 10.6 Å². The van der Waals surface area contributed by atoms with Crippen LogP contribution < -0.4 is 9.80 Å². The van der Waals surface area contributed by atoms with Gasteiger partial charge in [0, 0.05) is 50.1 Å². The van der Waals surface area contributed by atoms with Crippen molar-refractivity contribution < 1.29 is 17.7 Å². The molecule has 0 radical (unpaired) electrons. The largest absolute Gasteiger partial charge is 0.401 e. The fraction of sp³-hybridized carbons (Fsp3) is 0.500. The number of hydrogen-bond acceptors (Lipinski definition) is 8. The van der Waals surface area contributed by atoms with Crippen molar-refractivity contribution in [2.24, 2.45) is 5.41 Å². The molecule has 0 aliphatic carbocycles. The number of fused-ring (bicyclic) bond motifs is 3. The van der Waals surface area contributed by atoms with Crippen molar-refractivity contribution in [3.8, 4) is 5.69 Å². The molecule has 0 N–H and O–H groups in total. The van der Waals surface area contributed by atoms with E-state index in [0.29, 0.717) is 34.2 Å². The molecule has 9 nitrogen and oxygen atoms in total. The highest BCUT2D eigenvalue weighted by molar-refractivity contribution is 6.30. The van der Waals surface area contributed by atoms with E-state index in [4.69, 9.17) is 16.1 Å². The third kappa shape index (κ3) is 3.61. The average molecular weight is 481 g/mol. The fourth-order valence-electron chi connectivity index (χ4n) is 5.05. The Bertz CT molecular complexity index is 1210. The number of halogens is 4. The van der Waals surface area contributed by atoms with Gasteiger partial charge in [-0.1, -0.05) is 11.6 Å². The second-order valence-electron chi connectivity index (χ2n) is 9.11. The van der Waals surface area contributed by atoms with Gasteiger partial charge in [0.2, 0.25) is 11.8 Å². The van der Waals surface area contributed by atoms with E-state index in [1.54, 1.807) is 19.1 Å². The van der Waals surface area contributed by atoms with Gasteiger partial charge >= 0.3 is 6.18 Å². The lowest BCUT2D eigenvalue weighted by molar-refractivity contribution is -0.148. The molecular weight excluding hydrogens is 461 g/mol. The van der Waals surface area contributed by atoms with Gasteiger partial charge in [-0.15, -0.1) is 10.2 Å². The first-order valence-corrected chi connectivity index (χ1v) is 10.9. The highest BCUT2D eigenvalue weighted by atomic mass is 35.5. The van der Waals surface area contributed by atoms with Gasteiger partial charge in [-0.3, -0.25) is 9.47 Å². The lowest BCUT2D eigenvalue weighted by atomic mass is 9.73. The Labute approximate surface area is 191 Å². The van der Waals surface area contributed by atoms with Crippen LogP contribution in [0.25, 0.3) is 5.69 Å². The van der Waals surface area contributed by atoms with Crippen LogP contribution in [0.5, 0.6) is 0 Å². The van der Waals surface area contributed by atoms with Gasteiger partial charge in [0.1, 0.15) is 0 Å². The summed E-state index contributed by atoms with van der Waals surface area (Å²) in [6, 6.07) is 5.28. The second kappa shape index (κ2) is 7.07. The molecule has 0 unspecified atom stereocenters. The molecular formula is C20H20ClF3N8O. The predicted molar refractivity (Wildman–Crippen MR) is 112 cm³/mol. The van der Waals surface area contributed by atoms with Crippen LogP contribution in [0.15, 0.2) is 22.7 Å². The maximum absolute atomic E-state index is 13.2. The van der Waals surface area contributed by atoms with E-state index in [0.717, 1.165) is 31.9 Å². The van der Waals surface area contributed by atoms with E-state index in [1.165, 1.54) is 4.90 Å². The molecule has 1 aromatic carbocycles. The highest BCUT2D eigenvalue weighted by Gasteiger charge is 2.54. The second-order valence-corrected chi connectivity index (χ2v) is 9.55. The Morgan fingerprint density at radius 2 is 1.85 bits per heavy atom. The SMILES string of the molecule is Cc1nc(N2CC3(C2)CN(c2nnc4n2-c2ccc(Cl)cc2CN(CC(F)(F)F)C4)C3)no1. The van der Waals surface area contributed by atoms with Gasteiger partial charge in [-0.2, -0.15) is 18.2 Å². The number of hydrogen-bond donors (Lipinski definition) is 0. The minimum absolute atomic E-state index is 0.0444. The number of anilines is 2. The third-order valence-electron chi connectivity index (χ3n) is 6.34. The first kappa shape index (κ1) is 20.7. The molecule has 3 aliphatic heterocycles. The molecule has 0 amide bonds. The molecule has 5 heterocycles. The number of alkyl halides is 3. The van der Waals surface area contributed by atoms with Crippen molar-refractivity contribution in [3.05, 3.63) is 40.5 Å². The normalized spacial score (nSPS) is 19.7. The Morgan fingerprint density at radius 1 is 1.09 bits per heavy atom. The zero-order valence-electron chi connectivity index (χ0n) is 17.7. The predicted octanol–water partition coefficient (Wildman–Crippen LogP) is 2.82. The zero-order chi connectivity index (χ0) is 23.0. The average Bonchev–Trinajstić information content (AvgIpc) is 3.22. The van der Waals surface area contributed by atoms with Crippen LogP contribution in [0.3, 0.4) is 0 Å². The molecule has 33 heavy (non-hydrogen) atoms. The molecule has 3 aromatic rings.